The Morgan fingerprint density at radius 1 is 1.25 bits per heavy atom. The lowest BCUT2D eigenvalue weighted by Crippen LogP contribution is -2.33. The molecule has 1 aromatic carbocycles. The van der Waals surface area contributed by atoms with Crippen molar-refractivity contribution in [1.29, 1.82) is 0 Å². The van der Waals surface area contributed by atoms with Crippen molar-refractivity contribution in [2.45, 2.75) is 44.9 Å². The van der Waals surface area contributed by atoms with Gasteiger partial charge in [-0.2, -0.15) is 0 Å². The van der Waals surface area contributed by atoms with E-state index in [9.17, 15) is 4.79 Å². The smallest absolute Gasteiger partial charge is 0.223 e. The molecule has 2 N–H and O–H groups in total. The Morgan fingerprint density at radius 2 is 1.95 bits per heavy atom. The number of nitrogens with zero attached hydrogens (tertiary/aromatic N) is 1. The number of rotatable bonds is 4. The third-order valence-electron chi connectivity index (χ3n) is 4.18. The van der Waals surface area contributed by atoms with Crippen LogP contribution in [0.4, 0.5) is 0 Å². The number of likely N-dealkylation sites (tertiary alicyclic amines) is 1. The molecule has 1 aliphatic heterocycles. The van der Waals surface area contributed by atoms with Crippen LogP contribution in [0.2, 0.25) is 0 Å². The third kappa shape index (κ3) is 4.07. The van der Waals surface area contributed by atoms with Gasteiger partial charge in [-0.25, -0.2) is 0 Å². The zero-order chi connectivity index (χ0) is 14.4. The molecule has 20 heavy (non-hydrogen) atoms. The average Bonchev–Trinajstić information content (AvgIpc) is 2.73. The maximum absolute atomic E-state index is 12.4. The molecule has 2 rings (SSSR count). The molecule has 1 heterocycles. The fourth-order valence-electron chi connectivity index (χ4n) is 2.92. The number of benzene rings is 1. The van der Waals surface area contributed by atoms with Crippen molar-refractivity contribution in [2.75, 3.05) is 19.6 Å². The maximum atomic E-state index is 12.4. The van der Waals surface area contributed by atoms with Crippen molar-refractivity contribution in [3.63, 3.8) is 0 Å². The largest absolute Gasteiger partial charge is 0.343 e. The van der Waals surface area contributed by atoms with Crippen LogP contribution in [0.1, 0.15) is 49.1 Å². The van der Waals surface area contributed by atoms with Gasteiger partial charge in [0.05, 0.1) is 0 Å². The summed E-state index contributed by atoms with van der Waals surface area (Å²) in [6.45, 7) is 4.45. The Kier molecular flexibility index (Phi) is 5.60. The predicted molar refractivity (Wildman–Crippen MR) is 82.6 cm³/mol. The molecular formula is C17H26N2O. The topological polar surface area (TPSA) is 46.3 Å². The van der Waals surface area contributed by atoms with Crippen LogP contribution in [0, 0.1) is 6.92 Å². The summed E-state index contributed by atoms with van der Waals surface area (Å²) in [6.07, 6.45) is 5.33. The molecule has 1 aromatic rings. The normalized spacial score (nSPS) is 17.6. The molecule has 1 atom stereocenters. The molecule has 1 fully saturated rings. The molecule has 3 nitrogen and oxygen atoms in total. The molecule has 0 spiro atoms. The third-order valence-corrected chi connectivity index (χ3v) is 4.18. The van der Waals surface area contributed by atoms with Crippen LogP contribution < -0.4 is 5.73 Å². The van der Waals surface area contributed by atoms with E-state index in [1.807, 2.05) is 11.0 Å². The molecule has 0 bridgehead atoms. The highest BCUT2D eigenvalue weighted by atomic mass is 16.2. The van der Waals surface area contributed by atoms with Gasteiger partial charge in [-0.05, 0) is 31.9 Å². The lowest BCUT2D eigenvalue weighted by atomic mass is 9.94. The molecule has 1 amide bonds. The van der Waals surface area contributed by atoms with Crippen LogP contribution in [0.3, 0.4) is 0 Å². The number of hydrogen-bond donors (Lipinski definition) is 1. The van der Waals surface area contributed by atoms with Gasteiger partial charge in [0.2, 0.25) is 5.91 Å². The zero-order valence-corrected chi connectivity index (χ0v) is 12.5. The number of carbonyl (C=O) groups is 1. The van der Waals surface area contributed by atoms with Gasteiger partial charge < -0.3 is 10.6 Å². The van der Waals surface area contributed by atoms with Gasteiger partial charge in [0.1, 0.15) is 0 Å². The van der Waals surface area contributed by atoms with Crippen LogP contribution in [0.15, 0.2) is 24.3 Å². The lowest BCUT2D eigenvalue weighted by molar-refractivity contribution is -0.131. The number of aryl methyl sites for hydroxylation is 1. The van der Waals surface area contributed by atoms with E-state index in [0.717, 1.165) is 25.9 Å². The van der Waals surface area contributed by atoms with Gasteiger partial charge in [-0.3, -0.25) is 4.79 Å². The summed E-state index contributed by atoms with van der Waals surface area (Å²) >= 11 is 0. The van der Waals surface area contributed by atoms with Crippen LogP contribution in [-0.2, 0) is 4.79 Å². The molecular weight excluding hydrogens is 248 g/mol. The molecule has 1 aliphatic rings. The first-order valence-electron chi connectivity index (χ1n) is 7.75. The molecule has 1 unspecified atom stereocenters. The Labute approximate surface area is 122 Å². The van der Waals surface area contributed by atoms with E-state index in [-0.39, 0.29) is 11.8 Å². The van der Waals surface area contributed by atoms with Crippen LogP contribution in [0.5, 0.6) is 0 Å². The van der Waals surface area contributed by atoms with Crippen molar-refractivity contribution in [3.05, 3.63) is 35.4 Å². The number of hydrogen-bond acceptors (Lipinski definition) is 2. The SMILES string of the molecule is Cc1cccc(C(CN)CC(=O)N2CCCCCC2)c1. The van der Waals surface area contributed by atoms with E-state index in [1.54, 1.807) is 0 Å². The first-order valence-corrected chi connectivity index (χ1v) is 7.75. The predicted octanol–water partition coefficient (Wildman–Crippen LogP) is 2.83. The van der Waals surface area contributed by atoms with E-state index in [0.29, 0.717) is 13.0 Å². The Hall–Kier alpha value is -1.35. The first kappa shape index (κ1) is 15.0. The summed E-state index contributed by atoms with van der Waals surface area (Å²) in [6, 6.07) is 8.35. The van der Waals surface area contributed by atoms with Gasteiger partial charge in [0, 0.05) is 25.4 Å². The molecule has 110 valence electrons. The zero-order valence-electron chi connectivity index (χ0n) is 12.5. The molecule has 3 heteroatoms. The van der Waals surface area contributed by atoms with Crippen LogP contribution >= 0.6 is 0 Å². The van der Waals surface area contributed by atoms with Gasteiger partial charge in [0.25, 0.3) is 0 Å². The highest BCUT2D eigenvalue weighted by Crippen LogP contribution is 2.21. The molecule has 1 saturated heterocycles. The van der Waals surface area contributed by atoms with Crippen molar-refractivity contribution in [2.24, 2.45) is 5.73 Å². The number of nitrogens with two attached hydrogens (primary N) is 1. The minimum Gasteiger partial charge on any atom is -0.343 e. The van der Waals surface area contributed by atoms with E-state index in [1.165, 1.54) is 24.0 Å². The summed E-state index contributed by atoms with van der Waals surface area (Å²) in [5.74, 6) is 0.412. The Morgan fingerprint density at radius 3 is 2.55 bits per heavy atom. The van der Waals surface area contributed by atoms with E-state index in [4.69, 9.17) is 5.73 Å². The first-order chi connectivity index (χ1) is 9.70. The number of carbonyl (C=O) groups excluding carboxylic acids is 1. The van der Waals surface area contributed by atoms with Gasteiger partial charge in [-0.1, -0.05) is 42.7 Å². The highest BCUT2D eigenvalue weighted by Gasteiger charge is 2.20. The summed E-state index contributed by atoms with van der Waals surface area (Å²) in [7, 11) is 0. The molecule has 0 radical (unpaired) electrons. The van der Waals surface area contributed by atoms with Gasteiger partial charge in [-0.15, -0.1) is 0 Å². The van der Waals surface area contributed by atoms with E-state index < -0.39 is 0 Å². The van der Waals surface area contributed by atoms with Crippen molar-refractivity contribution in [1.82, 2.24) is 4.90 Å². The second-order valence-electron chi connectivity index (χ2n) is 5.85. The second kappa shape index (κ2) is 7.44. The molecule has 0 saturated carbocycles. The summed E-state index contributed by atoms with van der Waals surface area (Å²) in [4.78, 5) is 14.5. The number of amides is 1. The van der Waals surface area contributed by atoms with Crippen LogP contribution in [-0.4, -0.2) is 30.4 Å². The molecule has 0 aliphatic carbocycles. The fourth-order valence-corrected chi connectivity index (χ4v) is 2.92. The van der Waals surface area contributed by atoms with E-state index >= 15 is 0 Å². The quantitative estimate of drug-likeness (QED) is 0.917. The Balaban J connectivity index is 2.00. The summed E-state index contributed by atoms with van der Waals surface area (Å²) < 4.78 is 0. The Bertz CT molecular complexity index is 436. The lowest BCUT2D eigenvalue weighted by Gasteiger charge is -2.23. The minimum atomic E-state index is 0.144. The molecule has 0 aromatic heterocycles. The standard InChI is InChI=1S/C17H26N2O/c1-14-7-6-8-15(11-14)16(13-18)12-17(20)19-9-4-2-3-5-10-19/h6-8,11,16H,2-5,9-10,12-13,18H2,1H3. The summed E-state index contributed by atoms with van der Waals surface area (Å²) in [5, 5.41) is 0. The summed E-state index contributed by atoms with van der Waals surface area (Å²) in [5.41, 5.74) is 8.31. The fraction of sp³-hybridized carbons (Fsp3) is 0.588. The highest BCUT2D eigenvalue weighted by molar-refractivity contribution is 5.77. The second-order valence-corrected chi connectivity index (χ2v) is 5.85. The average molecular weight is 274 g/mol. The monoisotopic (exact) mass is 274 g/mol. The maximum Gasteiger partial charge on any atom is 0.223 e. The van der Waals surface area contributed by atoms with Gasteiger partial charge >= 0.3 is 0 Å². The minimum absolute atomic E-state index is 0.144. The van der Waals surface area contributed by atoms with Crippen LogP contribution in [0.25, 0.3) is 0 Å². The van der Waals surface area contributed by atoms with Crippen molar-refractivity contribution in [3.8, 4) is 0 Å². The van der Waals surface area contributed by atoms with E-state index in [2.05, 4.69) is 25.1 Å². The van der Waals surface area contributed by atoms with Gasteiger partial charge in [0.15, 0.2) is 0 Å². The van der Waals surface area contributed by atoms with Crippen molar-refractivity contribution >= 4 is 5.91 Å². The van der Waals surface area contributed by atoms with Crippen molar-refractivity contribution < 1.29 is 4.79 Å².